The Bertz CT molecular complexity index is 339. The van der Waals surface area contributed by atoms with Crippen LogP contribution in [0.15, 0.2) is 18.2 Å². The molecule has 1 aliphatic heterocycles. The molecule has 1 fully saturated rings. The molecule has 0 amide bonds. The Morgan fingerprint density at radius 2 is 2.40 bits per heavy atom. The summed E-state index contributed by atoms with van der Waals surface area (Å²) < 4.78 is 13.4. The number of hydrogen-bond acceptors (Lipinski definition) is 2. The summed E-state index contributed by atoms with van der Waals surface area (Å²) in [5, 5.41) is 3.81. The van der Waals surface area contributed by atoms with Crippen LogP contribution in [0.4, 0.5) is 4.39 Å². The van der Waals surface area contributed by atoms with Crippen LogP contribution < -0.4 is 5.32 Å². The van der Waals surface area contributed by atoms with Gasteiger partial charge < -0.3 is 5.32 Å². The van der Waals surface area contributed by atoms with Gasteiger partial charge in [0, 0.05) is 28.9 Å². The van der Waals surface area contributed by atoms with E-state index in [2.05, 4.69) is 5.32 Å². The van der Waals surface area contributed by atoms with Gasteiger partial charge in [0.05, 0.1) is 0 Å². The molecule has 4 heteroatoms. The van der Waals surface area contributed by atoms with E-state index in [1.165, 1.54) is 18.2 Å². The van der Waals surface area contributed by atoms with Gasteiger partial charge in [0.15, 0.2) is 0 Å². The van der Waals surface area contributed by atoms with Crippen LogP contribution in [-0.4, -0.2) is 17.5 Å². The van der Waals surface area contributed by atoms with Crippen LogP contribution in [0.3, 0.4) is 0 Å². The Hall–Kier alpha value is -0.250. The summed E-state index contributed by atoms with van der Waals surface area (Å²) in [5.41, 5.74) is 0.691. The second-order valence-corrected chi connectivity index (χ2v) is 5.26. The van der Waals surface area contributed by atoms with E-state index in [0.717, 1.165) is 5.75 Å². The molecule has 1 N–H and O–H groups in total. The average Bonchev–Trinajstić information content (AvgIpc) is 2.69. The summed E-state index contributed by atoms with van der Waals surface area (Å²) in [6.07, 6.45) is 1.18. The molecule has 1 aromatic carbocycles. The van der Waals surface area contributed by atoms with Crippen molar-refractivity contribution in [2.45, 2.75) is 19.0 Å². The number of halogens is 2. The molecule has 2 rings (SSSR count). The monoisotopic (exact) mass is 245 g/mol. The minimum Gasteiger partial charge on any atom is -0.309 e. The van der Waals surface area contributed by atoms with Gasteiger partial charge in [-0.1, -0.05) is 17.7 Å². The van der Waals surface area contributed by atoms with Crippen LogP contribution in [-0.2, 0) is 6.54 Å². The molecular formula is C11H13ClFNS. The second-order valence-electron chi connectivity index (χ2n) is 3.68. The molecule has 1 atom stereocenters. The molecule has 0 radical (unpaired) electrons. The first-order chi connectivity index (χ1) is 7.25. The Balaban J connectivity index is 1.92. The molecule has 1 heterocycles. The fourth-order valence-corrected chi connectivity index (χ4v) is 2.96. The zero-order chi connectivity index (χ0) is 10.7. The molecule has 1 aromatic rings. The molecule has 1 aliphatic rings. The van der Waals surface area contributed by atoms with E-state index in [0.29, 0.717) is 23.2 Å². The summed E-state index contributed by atoms with van der Waals surface area (Å²) in [6.45, 7) is 0.591. The summed E-state index contributed by atoms with van der Waals surface area (Å²) in [7, 11) is 0. The van der Waals surface area contributed by atoms with Crippen molar-refractivity contribution < 1.29 is 4.39 Å². The zero-order valence-corrected chi connectivity index (χ0v) is 9.87. The van der Waals surface area contributed by atoms with Gasteiger partial charge >= 0.3 is 0 Å². The summed E-state index contributed by atoms with van der Waals surface area (Å²) in [6, 6.07) is 5.37. The number of rotatable bonds is 3. The zero-order valence-electron chi connectivity index (χ0n) is 8.30. The maximum absolute atomic E-state index is 13.4. The lowest BCUT2D eigenvalue weighted by atomic mass is 10.2. The van der Waals surface area contributed by atoms with Gasteiger partial charge in [-0.3, -0.25) is 0 Å². The lowest BCUT2D eigenvalue weighted by Crippen LogP contribution is -2.28. The van der Waals surface area contributed by atoms with E-state index in [4.69, 9.17) is 11.6 Å². The number of thioether (sulfide) groups is 1. The number of benzene rings is 1. The van der Waals surface area contributed by atoms with Gasteiger partial charge in [-0.2, -0.15) is 11.8 Å². The molecule has 0 spiro atoms. The van der Waals surface area contributed by atoms with Crippen molar-refractivity contribution >= 4 is 23.4 Å². The fraction of sp³-hybridized carbons (Fsp3) is 0.455. The third-order valence-electron chi connectivity index (χ3n) is 2.53. The van der Waals surface area contributed by atoms with Gasteiger partial charge in [0.25, 0.3) is 0 Å². The van der Waals surface area contributed by atoms with Crippen molar-refractivity contribution in [3.63, 3.8) is 0 Å². The Morgan fingerprint density at radius 3 is 3.07 bits per heavy atom. The highest BCUT2D eigenvalue weighted by Gasteiger charge is 2.14. The van der Waals surface area contributed by atoms with Crippen LogP contribution in [0.5, 0.6) is 0 Å². The third kappa shape index (κ3) is 3.10. The molecule has 15 heavy (non-hydrogen) atoms. The highest BCUT2D eigenvalue weighted by Crippen LogP contribution is 2.19. The predicted molar refractivity (Wildman–Crippen MR) is 64.0 cm³/mol. The molecule has 0 aromatic heterocycles. The second kappa shape index (κ2) is 5.19. The van der Waals surface area contributed by atoms with E-state index >= 15 is 0 Å². The lowest BCUT2D eigenvalue weighted by molar-refractivity contribution is 0.534. The normalized spacial score (nSPS) is 20.8. The summed E-state index contributed by atoms with van der Waals surface area (Å²) in [5.74, 6) is 2.12. The smallest absolute Gasteiger partial charge is 0.129 e. The predicted octanol–water partition coefficient (Wildman–Crippen LogP) is 3.07. The van der Waals surface area contributed by atoms with Crippen molar-refractivity contribution in [3.8, 4) is 0 Å². The molecule has 1 saturated heterocycles. The van der Waals surface area contributed by atoms with Gasteiger partial charge in [0.1, 0.15) is 5.82 Å². The van der Waals surface area contributed by atoms with Crippen molar-refractivity contribution in [2.75, 3.05) is 11.5 Å². The van der Waals surface area contributed by atoms with E-state index in [9.17, 15) is 4.39 Å². The van der Waals surface area contributed by atoms with Crippen LogP contribution in [0.25, 0.3) is 0 Å². The lowest BCUT2D eigenvalue weighted by Gasteiger charge is -2.11. The van der Waals surface area contributed by atoms with Crippen LogP contribution in [0, 0.1) is 5.82 Å². The molecule has 1 nitrogen and oxygen atoms in total. The first kappa shape index (κ1) is 11.2. The Kier molecular flexibility index (Phi) is 3.89. The van der Waals surface area contributed by atoms with Gasteiger partial charge in [-0.25, -0.2) is 4.39 Å². The van der Waals surface area contributed by atoms with Crippen molar-refractivity contribution in [1.82, 2.24) is 5.32 Å². The van der Waals surface area contributed by atoms with E-state index in [1.54, 1.807) is 12.1 Å². The topological polar surface area (TPSA) is 12.0 Å². The molecule has 0 bridgehead atoms. The highest BCUT2D eigenvalue weighted by molar-refractivity contribution is 7.99. The fourth-order valence-electron chi connectivity index (χ4n) is 1.61. The van der Waals surface area contributed by atoms with E-state index in [1.807, 2.05) is 11.8 Å². The molecule has 0 aliphatic carbocycles. The quantitative estimate of drug-likeness (QED) is 0.879. The number of nitrogens with one attached hydrogen (secondary N) is 1. The standard InChI is InChI=1S/C11H13ClFNS/c12-9-2-1-8(11(13)5-9)6-14-10-3-4-15-7-10/h1-2,5,10,14H,3-4,6-7H2. The molecule has 1 unspecified atom stereocenters. The van der Waals surface area contributed by atoms with Crippen molar-refractivity contribution in [2.24, 2.45) is 0 Å². The Labute approximate surface area is 98.4 Å². The van der Waals surface area contributed by atoms with Crippen LogP contribution in [0.1, 0.15) is 12.0 Å². The van der Waals surface area contributed by atoms with E-state index in [-0.39, 0.29) is 5.82 Å². The average molecular weight is 246 g/mol. The molecule has 82 valence electrons. The molecular weight excluding hydrogens is 233 g/mol. The highest BCUT2D eigenvalue weighted by atomic mass is 35.5. The van der Waals surface area contributed by atoms with Crippen molar-refractivity contribution in [3.05, 3.63) is 34.6 Å². The first-order valence-corrected chi connectivity index (χ1v) is 6.54. The van der Waals surface area contributed by atoms with Crippen LogP contribution in [0.2, 0.25) is 5.02 Å². The molecule has 0 saturated carbocycles. The minimum absolute atomic E-state index is 0.222. The first-order valence-electron chi connectivity index (χ1n) is 5.01. The largest absolute Gasteiger partial charge is 0.309 e. The Morgan fingerprint density at radius 1 is 1.53 bits per heavy atom. The van der Waals surface area contributed by atoms with Gasteiger partial charge in [0.2, 0.25) is 0 Å². The van der Waals surface area contributed by atoms with Crippen LogP contribution >= 0.6 is 23.4 Å². The number of hydrogen-bond donors (Lipinski definition) is 1. The van der Waals surface area contributed by atoms with E-state index < -0.39 is 0 Å². The third-order valence-corrected chi connectivity index (χ3v) is 3.92. The SMILES string of the molecule is Fc1cc(Cl)ccc1CNC1CCSC1. The summed E-state index contributed by atoms with van der Waals surface area (Å²) >= 11 is 7.63. The maximum Gasteiger partial charge on any atom is 0.129 e. The minimum atomic E-state index is -0.222. The maximum atomic E-state index is 13.4. The van der Waals surface area contributed by atoms with Crippen molar-refractivity contribution in [1.29, 1.82) is 0 Å². The van der Waals surface area contributed by atoms with Gasteiger partial charge in [-0.15, -0.1) is 0 Å². The van der Waals surface area contributed by atoms with Gasteiger partial charge in [-0.05, 0) is 24.3 Å². The summed E-state index contributed by atoms with van der Waals surface area (Å²) in [4.78, 5) is 0.